The van der Waals surface area contributed by atoms with Crippen LogP contribution in [0.1, 0.15) is 55.5 Å². The molecular weight excluding hydrogens is 462 g/mol. The van der Waals surface area contributed by atoms with E-state index in [-0.39, 0.29) is 11.8 Å². The highest BCUT2D eigenvalue weighted by atomic mass is 16.5. The molecule has 0 spiro atoms. The molecule has 6 nitrogen and oxygen atoms in total. The monoisotopic (exact) mass is 495 g/mol. The molecule has 3 aliphatic heterocycles. The van der Waals surface area contributed by atoms with E-state index in [1.54, 1.807) is 6.07 Å². The number of carbonyl (C=O) groups is 2. The van der Waals surface area contributed by atoms with Gasteiger partial charge in [0.2, 0.25) is 5.91 Å². The number of carbonyl (C=O) groups excluding carboxylic acids is 2. The molecule has 2 atom stereocenters. The number of amides is 2. The summed E-state index contributed by atoms with van der Waals surface area (Å²) in [6.45, 7) is 4.58. The van der Waals surface area contributed by atoms with Gasteiger partial charge in [-0.05, 0) is 68.5 Å². The van der Waals surface area contributed by atoms with Crippen molar-refractivity contribution in [2.75, 3.05) is 11.4 Å². The number of rotatable bonds is 5. The maximum Gasteiger partial charge on any atom is 0.260 e. The fourth-order valence-electron chi connectivity index (χ4n) is 6.49. The molecule has 3 aromatic carbocycles. The Labute approximate surface area is 218 Å². The predicted octanol–water partition coefficient (Wildman–Crippen LogP) is 6.13. The molecule has 6 rings (SSSR count). The van der Waals surface area contributed by atoms with Crippen molar-refractivity contribution in [3.63, 3.8) is 0 Å². The molecule has 3 aromatic rings. The molecule has 190 valence electrons. The van der Waals surface area contributed by atoms with Crippen LogP contribution in [0.3, 0.4) is 0 Å². The highest BCUT2D eigenvalue weighted by molar-refractivity contribution is 6.04. The third kappa shape index (κ3) is 4.29. The minimum atomic E-state index is -0.293. The van der Waals surface area contributed by atoms with Crippen LogP contribution in [-0.4, -0.2) is 46.3 Å². The molecule has 0 aromatic heterocycles. The van der Waals surface area contributed by atoms with E-state index in [0.717, 1.165) is 36.5 Å². The Bertz CT molecular complexity index is 1310. The van der Waals surface area contributed by atoms with Crippen LogP contribution in [0.5, 0.6) is 11.5 Å². The number of anilines is 2. The summed E-state index contributed by atoms with van der Waals surface area (Å²) in [5, 5.41) is 0. The summed E-state index contributed by atoms with van der Waals surface area (Å²) in [5.41, 5.74) is 3.91. The van der Waals surface area contributed by atoms with E-state index < -0.39 is 0 Å². The van der Waals surface area contributed by atoms with Crippen LogP contribution in [0.25, 0.3) is 0 Å². The zero-order valence-corrected chi connectivity index (χ0v) is 21.5. The number of nitrogens with zero attached hydrogens (tertiary/aromatic N) is 3. The summed E-state index contributed by atoms with van der Waals surface area (Å²) in [6.07, 6.45) is 4.65. The quantitative estimate of drug-likeness (QED) is 0.426. The Morgan fingerprint density at radius 1 is 0.865 bits per heavy atom. The van der Waals surface area contributed by atoms with Gasteiger partial charge in [-0.3, -0.25) is 19.4 Å². The third-order valence-electron chi connectivity index (χ3n) is 8.19. The normalized spacial score (nSPS) is 22.1. The summed E-state index contributed by atoms with van der Waals surface area (Å²) in [6, 6.07) is 26.0. The molecule has 2 unspecified atom stereocenters. The molecule has 2 fully saturated rings. The van der Waals surface area contributed by atoms with Gasteiger partial charge in [0.05, 0.1) is 11.4 Å². The Morgan fingerprint density at radius 3 is 2.24 bits per heavy atom. The summed E-state index contributed by atoms with van der Waals surface area (Å²) in [7, 11) is 0. The van der Waals surface area contributed by atoms with E-state index in [1.807, 2.05) is 31.2 Å². The van der Waals surface area contributed by atoms with Crippen molar-refractivity contribution in [1.82, 2.24) is 9.80 Å². The zero-order valence-electron chi connectivity index (χ0n) is 21.5. The number of para-hydroxylation sites is 2. The van der Waals surface area contributed by atoms with E-state index in [1.165, 1.54) is 30.2 Å². The number of benzene rings is 3. The molecule has 3 aliphatic rings. The first-order valence-corrected chi connectivity index (χ1v) is 13.4. The lowest BCUT2D eigenvalue weighted by molar-refractivity contribution is -0.126. The second-order valence-corrected chi connectivity index (χ2v) is 10.4. The summed E-state index contributed by atoms with van der Waals surface area (Å²) < 4.78 is 6.32. The molecule has 2 bridgehead atoms. The highest BCUT2D eigenvalue weighted by Crippen LogP contribution is 2.51. The average Bonchev–Trinajstić information content (AvgIpc) is 3.13. The molecule has 0 N–H and O–H groups in total. The van der Waals surface area contributed by atoms with Crippen molar-refractivity contribution in [2.24, 2.45) is 0 Å². The van der Waals surface area contributed by atoms with Crippen LogP contribution in [0.4, 0.5) is 11.4 Å². The highest BCUT2D eigenvalue weighted by Gasteiger charge is 2.44. The lowest BCUT2D eigenvalue weighted by Crippen LogP contribution is -2.49. The van der Waals surface area contributed by atoms with Crippen molar-refractivity contribution in [1.29, 1.82) is 0 Å². The first-order chi connectivity index (χ1) is 18.0. The average molecular weight is 496 g/mol. The Morgan fingerprint density at radius 2 is 1.54 bits per heavy atom. The number of ether oxygens (including phenoxy) is 1. The van der Waals surface area contributed by atoms with Gasteiger partial charge in [-0.2, -0.15) is 0 Å². The predicted molar refractivity (Wildman–Crippen MR) is 144 cm³/mol. The van der Waals surface area contributed by atoms with Crippen molar-refractivity contribution >= 4 is 23.2 Å². The van der Waals surface area contributed by atoms with E-state index in [9.17, 15) is 9.59 Å². The van der Waals surface area contributed by atoms with Gasteiger partial charge in [-0.15, -0.1) is 0 Å². The van der Waals surface area contributed by atoms with Crippen LogP contribution < -0.4 is 9.64 Å². The number of hydrogen-bond donors (Lipinski definition) is 0. The first-order valence-electron chi connectivity index (χ1n) is 13.4. The molecule has 0 saturated carbocycles. The van der Waals surface area contributed by atoms with Gasteiger partial charge < -0.3 is 9.64 Å². The van der Waals surface area contributed by atoms with Gasteiger partial charge in [0, 0.05) is 43.7 Å². The van der Waals surface area contributed by atoms with Gasteiger partial charge in [-0.1, -0.05) is 42.5 Å². The second kappa shape index (κ2) is 9.67. The van der Waals surface area contributed by atoms with E-state index >= 15 is 0 Å². The van der Waals surface area contributed by atoms with Crippen LogP contribution in [0, 0.1) is 0 Å². The number of imide groups is 1. The summed E-state index contributed by atoms with van der Waals surface area (Å²) in [5.74, 6) is 0.927. The Kier molecular flexibility index (Phi) is 6.21. The van der Waals surface area contributed by atoms with Crippen molar-refractivity contribution in [3.05, 3.63) is 83.9 Å². The smallest absolute Gasteiger partial charge is 0.260 e. The van der Waals surface area contributed by atoms with Gasteiger partial charge >= 0.3 is 0 Å². The van der Waals surface area contributed by atoms with Crippen molar-refractivity contribution < 1.29 is 14.3 Å². The molecule has 3 heterocycles. The number of hydrogen-bond acceptors (Lipinski definition) is 5. The minimum absolute atomic E-state index is 0.254. The maximum absolute atomic E-state index is 13.0. The number of fused-ring (bicyclic) bond motifs is 4. The maximum atomic E-state index is 13.0. The largest absolute Gasteiger partial charge is 0.453 e. The van der Waals surface area contributed by atoms with Gasteiger partial charge in [0.1, 0.15) is 0 Å². The third-order valence-corrected chi connectivity index (χ3v) is 8.19. The first kappa shape index (κ1) is 23.7. The molecule has 2 saturated heterocycles. The molecule has 6 heteroatoms. The second-order valence-electron chi connectivity index (χ2n) is 10.4. The number of piperidine rings is 1. The fraction of sp³-hybridized carbons (Fsp3) is 0.355. The van der Waals surface area contributed by atoms with Gasteiger partial charge in [-0.25, -0.2) is 0 Å². The van der Waals surface area contributed by atoms with Crippen LogP contribution in [0.2, 0.25) is 0 Å². The fourth-order valence-corrected chi connectivity index (χ4v) is 6.49. The molecule has 2 amide bonds. The lowest BCUT2D eigenvalue weighted by Gasteiger charge is -2.46. The van der Waals surface area contributed by atoms with Gasteiger partial charge in [0.25, 0.3) is 5.91 Å². The zero-order chi connectivity index (χ0) is 25.5. The van der Waals surface area contributed by atoms with Crippen LogP contribution >= 0.6 is 0 Å². The van der Waals surface area contributed by atoms with Crippen molar-refractivity contribution in [3.8, 4) is 11.5 Å². The molecular formula is C31H33N3O3. The summed E-state index contributed by atoms with van der Waals surface area (Å²) in [4.78, 5) is 31.4. The molecule has 0 aliphatic carbocycles. The van der Waals surface area contributed by atoms with E-state index in [2.05, 4.69) is 52.3 Å². The Balaban J connectivity index is 1.31. The SMILES string of the molecule is CCN(C(C)=O)C(=O)c1ccc2c(c1)Oc1ccccc1N2C1CC2CCC(C1)N2Cc1ccccc1. The minimum Gasteiger partial charge on any atom is -0.453 e. The standard InChI is InChI=1S/C31H33N3O3/c1-3-32(21(2)35)31(36)23-13-16-28-30(17-23)37-29-12-8-7-11-27(29)34(28)26-18-24-14-15-25(19-26)33(24)20-22-9-5-4-6-10-22/h4-13,16-17,24-26H,3,14-15,18-20H2,1-2H3. The van der Waals surface area contributed by atoms with Crippen LogP contribution in [-0.2, 0) is 11.3 Å². The van der Waals surface area contributed by atoms with Gasteiger partial charge in [0.15, 0.2) is 11.5 Å². The topological polar surface area (TPSA) is 53.1 Å². The lowest BCUT2D eigenvalue weighted by atomic mass is 9.93. The molecule has 0 radical (unpaired) electrons. The molecule has 37 heavy (non-hydrogen) atoms. The van der Waals surface area contributed by atoms with E-state index in [4.69, 9.17) is 4.74 Å². The summed E-state index contributed by atoms with van der Waals surface area (Å²) >= 11 is 0. The Hall–Kier alpha value is -3.64. The van der Waals surface area contributed by atoms with Crippen LogP contribution in [0.15, 0.2) is 72.8 Å². The van der Waals surface area contributed by atoms with E-state index in [0.29, 0.717) is 36.0 Å². The van der Waals surface area contributed by atoms with Crippen molar-refractivity contribution in [2.45, 2.75) is 64.2 Å².